The van der Waals surface area contributed by atoms with Gasteiger partial charge in [0.15, 0.2) is 0 Å². The minimum absolute atomic E-state index is 0.159. The van der Waals surface area contributed by atoms with Gasteiger partial charge in [0, 0.05) is 19.6 Å². The monoisotopic (exact) mass is 277 g/mol. The topological polar surface area (TPSA) is 49.6 Å². The Morgan fingerprint density at radius 3 is 2.30 bits per heavy atom. The van der Waals surface area contributed by atoms with E-state index >= 15 is 0 Å². The highest BCUT2D eigenvalue weighted by atomic mass is 16.2. The third-order valence-electron chi connectivity index (χ3n) is 3.61. The summed E-state index contributed by atoms with van der Waals surface area (Å²) in [5, 5.41) is 0. The lowest BCUT2D eigenvalue weighted by molar-refractivity contribution is -0.131. The summed E-state index contributed by atoms with van der Waals surface area (Å²) < 4.78 is 0. The number of nitrogen functional groups attached to an aromatic ring is 1. The molecular formula is C16H27N3O. The highest BCUT2D eigenvalue weighted by Crippen LogP contribution is 2.25. The molecule has 1 atom stereocenters. The summed E-state index contributed by atoms with van der Waals surface area (Å²) in [5.74, 6) is 0.159. The van der Waals surface area contributed by atoms with Crippen LogP contribution in [-0.2, 0) is 4.79 Å². The second kappa shape index (κ2) is 7.78. The number of nitrogens with zero attached hydrogens (tertiary/aromatic N) is 2. The molecule has 0 aromatic heterocycles. The van der Waals surface area contributed by atoms with Crippen LogP contribution in [-0.4, -0.2) is 36.5 Å². The van der Waals surface area contributed by atoms with Gasteiger partial charge < -0.3 is 15.5 Å². The molecule has 2 N–H and O–H groups in total. The first kappa shape index (κ1) is 16.3. The Hall–Kier alpha value is -1.71. The molecule has 0 aliphatic rings. The van der Waals surface area contributed by atoms with E-state index in [0.717, 1.165) is 37.4 Å². The normalized spacial score (nSPS) is 12.0. The fourth-order valence-electron chi connectivity index (χ4n) is 2.45. The molecule has 0 saturated carbocycles. The Labute approximate surface area is 122 Å². The summed E-state index contributed by atoms with van der Waals surface area (Å²) in [6.45, 7) is 10.4. The van der Waals surface area contributed by atoms with E-state index in [2.05, 4.69) is 11.8 Å². The van der Waals surface area contributed by atoms with Crippen LogP contribution < -0.4 is 10.6 Å². The number of carbonyl (C=O) groups is 1. The van der Waals surface area contributed by atoms with Crippen LogP contribution in [0.1, 0.15) is 34.1 Å². The van der Waals surface area contributed by atoms with Gasteiger partial charge in [-0.2, -0.15) is 0 Å². The minimum Gasteiger partial charge on any atom is -0.397 e. The first-order valence-electron chi connectivity index (χ1n) is 7.46. The Balaban J connectivity index is 3.02. The fourth-order valence-corrected chi connectivity index (χ4v) is 2.45. The maximum atomic E-state index is 12.5. The minimum atomic E-state index is -0.195. The molecule has 0 bridgehead atoms. The third kappa shape index (κ3) is 3.65. The molecule has 0 fully saturated rings. The molecule has 1 amide bonds. The van der Waals surface area contributed by atoms with Gasteiger partial charge in [-0.25, -0.2) is 0 Å². The van der Waals surface area contributed by atoms with E-state index in [9.17, 15) is 4.79 Å². The molecule has 112 valence electrons. The zero-order valence-electron chi connectivity index (χ0n) is 13.1. The highest BCUT2D eigenvalue weighted by molar-refractivity contribution is 5.86. The van der Waals surface area contributed by atoms with Crippen LogP contribution >= 0.6 is 0 Å². The Bertz CT molecular complexity index is 429. The summed E-state index contributed by atoms with van der Waals surface area (Å²) in [7, 11) is 0. The Morgan fingerprint density at radius 2 is 1.80 bits per heavy atom. The number of para-hydroxylation sites is 2. The van der Waals surface area contributed by atoms with Crippen molar-refractivity contribution >= 4 is 17.3 Å². The van der Waals surface area contributed by atoms with E-state index in [-0.39, 0.29) is 11.9 Å². The molecule has 1 rings (SSSR count). The van der Waals surface area contributed by atoms with Crippen molar-refractivity contribution in [1.29, 1.82) is 0 Å². The van der Waals surface area contributed by atoms with Crippen molar-refractivity contribution in [3.63, 3.8) is 0 Å². The summed E-state index contributed by atoms with van der Waals surface area (Å²) >= 11 is 0. The number of nitrogens with two attached hydrogens (primary N) is 1. The number of benzene rings is 1. The number of hydrogen-bond donors (Lipinski definition) is 1. The second-order valence-corrected chi connectivity index (χ2v) is 4.94. The summed E-state index contributed by atoms with van der Waals surface area (Å²) in [4.78, 5) is 16.5. The number of likely N-dealkylation sites (N-methyl/N-ethyl adjacent to an activating group) is 1. The third-order valence-corrected chi connectivity index (χ3v) is 3.61. The first-order valence-corrected chi connectivity index (χ1v) is 7.46. The van der Waals surface area contributed by atoms with Crippen LogP contribution in [0.5, 0.6) is 0 Å². The summed E-state index contributed by atoms with van der Waals surface area (Å²) in [6, 6.07) is 7.55. The number of rotatable bonds is 7. The molecule has 1 aromatic carbocycles. The maximum absolute atomic E-state index is 12.5. The van der Waals surface area contributed by atoms with Crippen molar-refractivity contribution in [3.8, 4) is 0 Å². The predicted molar refractivity (Wildman–Crippen MR) is 85.9 cm³/mol. The largest absolute Gasteiger partial charge is 0.397 e. The molecular weight excluding hydrogens is 250 g/mol. The van der Waals surface area contributed by atoms with Crippen molar-refractivity contribution < 1.29 is 4.79 Å². The lowest BCUT2D eigenvalue weighted by Crippen LogP contribution is -2.47. The van der Waals surface area contributed by atoms with Crippen LogP contribution in [0.4, 0.5) is 11.4 Å². The highest BCUT2D eigenvalue weighted by Gasteiger charge is 2.25. The molecule has 1 unspecified atom stereocenters. The molecule has 0 radical (unpaired) electrons. The number of carbonyl (C=O) groups excluding carboxylic acids is 1. The zero-order chi connectivity index (χ0) is 15.1. The molecule has 4 heteroatoms. The number of amides is 1. The van der Waals surface area contributed by atoms with E-state index in [4.69, 9.17) is 5.73 Å². The van der Waals surface area contributed by atoms with E-state index in [1.165, 1.54) is 0 Å². The van der Waals surface area contributed by atoms with E-state index < -0.39 is 0 Å². The zero-order valence-corrected chi connectivity index (χ0v) is 13.1. The van der Waals surface area contributed by atoms with Crippen molar-refractivity contribution in [2.24, 2.45) is 0 Å². The van der Waals surface area contributed by atoms with Crippen LogP contribution in [0, 0.1) is 0 Å². The summed E-state index contributed by atoms with van der Waals surface area (Å²) in [6.07, 6.45) is 0.976. The number of anilines is 2. The molecule has 20 heavy (non-hydrogen) atoms. The molecule has 4 nitrogen and oxygen atoms in total. The van der Waals surface area contributed by atoms with Crippen molar-refractivity contribution in [1.82, 2.24) is 4.90 Å². The molecule has 0 spiro atoms. The molecule has 0 aliphatic heterocycles. The van der Waals surface area contributed by atoms with Gasteiger partial charge in [0.25, 0.3) is 0 Å². The van der Waals surface area contributed by atoms with E-state index in [1.54, 1.807) is 0 Å². The van der Waals surface area contributed by atoms with Gasteiger partial charge in [-0.15, -0.1) is 0 Å². The van der Waals surface area contributed by atoms with Gasteiger partial charge in [-0.05, 0) is 39.3 Å². The SMILES string of the molecule is CCCN(c1ccccc1N)C(C)C(=O)N(CC)CC. The average molecular weight is 277 g/mol. The van der Waals surface area contributed by atoms with Crippen LogP contribution in [0.25, 0.3) is 0 Å². The van der Waals surface area contributed by atoms with E-state index in [1.807, 2.05) is 49.9 Å². The fraction of sp³-hybridized carbons (Fsp3) is 0.562. The van der Waals surface area contributed by atoms with Crippen molar-refractivity contribution in [3.05, 3.63) is 24.3 Å². The van der Waals surface area contributed by atoms with Gasteiger partial charge >= 0.3 is 0 Å². The van der Waals surface area contributed by atoms with Gasteiger partial charge in [0.1, 0.15) is 6.04 Å². The van der Waals surface area contributed by atoms with E-state index in [0.29, 0.717) is 0 Å². The Kier molecular flexibility index (Phi) is 6.36. The second-order valence-electron chi connectivity index (χ2n) is 4.94. The van der Waals surface area contributed by atoms with Crippen LogP contribution in [0.15, 0.2) is 24.3 Å². The predicted octanol–water partition coefficient (Wildman–Crippen LogP) is 2.74. The Morgan fingerprint density at radius 1 is 1.20 bits per heavy atom. The molecule has 1 aromatic rings. The van der Waals surface area contributed by atoms with Crippen LogP contribution in [0.2, 0.25) is 0 Å². The first-order chi connectivity index (χ1) is 9.56. The van der Waals surface area contributed by atoms with Gasteiger partial charge in [-0.3, -0.25) is 4.79 Å². The van der Waals surface area contributed by atoms with Gasteiger partial charge in [-0.1, -0.05) is 19.1 Å². The standard InChI is InChI=1S/C16H27N3O/c1-5-12-19(15-11-9-8-10-14(15)17)13(4)16(20)18(6-2)7-3/h8-11,13H,5-7,12,17H2,1-4H3. The van der Waals surface area contributed by atoms with Crippen molar-refractivity contribution in [2.75, 3.05) is 30.3 Å². The van der Waals surface area contributed by atoms with Gasteiger partial charge in [0.05, 0.1) is 11.4 Å². The number of hydrogen-bond acceptors (Lipinski definition) is 3. The average Bonchev–Trinajstić information content (AvgIpc) is 2.46. The lowest BCUT2D eigenvalue weighted by Gasteiger charge is -2.34. The lowest BCUT2D eigenvalue weighted by atomic mass is 10.1. The van der Waals surface area contributed by atoms with Crippen molar-refractivity contribution in [2.45, 2.75) is 40.2 Å². The molecule has 0 heterocycles. The molecule has 0 aliphatic carbocycles. The smallest absolute Gasteiger partial charge is 0.244 e. The summed E-state index contributed by atoms with van der Waals surface area (Å²) in [5.41, 5.74) is 7.73. The van der Waals surface area contributed by atoms with Gasteiger partial charge in [0.2, 0.25) is 5.91 Å². The quantitative estimate of drug-likeness (QED) is 0.780. The maximum Gasteiger partial charge on any atom is 0.244 e. The molecule has 0 saturated heterocycles. The van der Waals surface area contributed by atoms with Crippen LogP contribution in [0.3, 0.4) is 0 Å².